The van der Waals surface area contributed by atoms with E-state index in [0.717, 1.165) is 11.5 Å². The van der Waals surface area contributed by atoms with E-state index < -0.39 is 15.0 Å². The molecule has 10 heavy (non-hydrogen) atoms. The zero-order valence-corrected chi connectivity index (χ0v) is 7.21. The molecule has 0 unspecified atom stereocenters. The molecule has 0 N–H and O–H groups in total. The molecule has 0 radical (unpaired) electrons. The summed E-state index contributed by atoms with van der Waals surface area (Å²) in [5.41, 5.74) is 0. The number of sulfone groups is 1. The number of alkyl halides is 1. The minimum Gasteiger partial charge on any atom is -0.221 e. The fourth-order valence-corrected chi connectivity index (χ4v) is 2.23. The Kier molecular flexibility index (Phi) is 2.28. The highest BCUT2D eigenvalue weighted by atomic mass is 35.5. The van der Waals surface area contributed by atoms with Gasteiger partial charge in [0.05, 0.1) is 0 Å². The summed E-state index contributed by atoms with van der Waals surface area (Å²) in [7, 11) is -3.29. The maximum absolute atomic E-state index is 10.9. The first-order valence-electron chi connectivity index (χ1n) is 2.36. The van der Waals surface area contributed by atoms with E-state index >= 15 is 0 Å². The van der Waals surface area contributed by atoms with Gasteiger partial charge in [-0.05, 0) is 17.6 Å². The van der Waals surface area contributed by atoms with Crippen molar-refractivity contribution < 1.29 is 8.42 Å². The van der Waals surface area contributed by atoms with E-state index in [-0.39, 0.29) is 5.03 Å². The van der Waals surface area contributed by atoms with Crippen LogP contribution in [0, 0.1) is 0 Å². The average molecular weight is 198 g/mol. The molecule has 1 aromatic heterocycles. The number of aromatic nitrogens is 1. The molecular weight excluding hydrogens is 194 g/mol. The Morgan fingerprint density at radius 2 is 2.40 bits per heavy atom. The molecule has 6 heteroatoms. The van der Waals surface area contributed by atoms with Crippen molar-refractivity contribution in [3.63, 3.8) is 0 Å². The van der Waals surface area contributed by atoms with Gasteiger partial charge in [-0.1, -0.05) is 0 Å². The zero-order valence-electron chi connectivity index (χ0n) is 4.82. The first-order chi connectivity index (χ1) is 4.67. The van der Waals surface area contributed by atoms with Gasteiger partial charge in [0.25, 0.3) is 0 Å². The Morgan fingerprint density at radius 1 is 1.70 bits per heavy atom. The van der Waals surface area contributed by atoms with Gasteiger partial charge in [0, 0.05) is 5.38 Å². The number of nitrogens with zero attached hydrogens (tertiary/aromatic N) is 1. The van der Waals surface area contributed by atoms with Gasteiger partial charge in [-0.3, -0.25) is 0 Å². The molecule has 0 saturated carbocycles. The lowest BCUT2D eigenvalue weighted by Crippen LogP contribution is -2.01. The van der Waals surface area contributed by atoms with Gasteiger partial charge in [-0.15, -0.1) is 11.6 Å². The highest BCUT2D eigenvalue weighted by Gasteiger charge is 2.13. The predicted octanol–water partition coefficient (Wildman–Crippen LogP) is 1.11. The van der Waals surface area contributed by atoms with Crippen molar-refractivity contribution in [1.82, 2.24) is 4.37 Å². The molecule has 0 aliphatic carbocycles. The summed E-state index contributed by atoms with van der Waals surface area (Å²) >= 11 is 6.26. The van der Waals surface area contributed by atoms with Crippen LogP contribution in [0.25, 0.3) is 0 Å². The number of hydrogen-bond donors (Lipinski definition) is 0. The summed E-state index contributed by atoms with van der Waals surface area (Å²) in [4.78, 5) is 0. The lowest BCUT2D eigenvalue weighted by atomic mass is 10.8. The van der Waals surface area contributed by atoms with Crippen LogP contribution < -0.4 is 0 Å². The van der Waals surface area contributed by atoms with E-state index in [1.54, 1.807) is 5.38 Å². The highest BCUT2D eigenvalue weighted by molar-refractivity contribution is 7.92. The minimum atomic E-state index is -3.29. The molecule has 0 spiro atoms. The van der Waals surface area contributed by atoms with Crippen molar-refractivity contribution in [2.45, 2.75) is 5.03 Å². The smallest absolute Gasteiger partial charge is 0.210 e. The predicted molar refractivity (Wildman–Crippen MR) is 40.0 cm³/mol. The van der Waals surface area contributed by atoms with E-state index in [9.17, 15) is 8.42 Å². The second kappa shape index (κ2) is 2.86. The van der Waals surface area contributed by atoms with Gasteiger partial charge < -0.3 is 0 Å². The summed E-state index contributed by atoms with van der Waals surface area (Å²) < 4.78 is 25.4. The zero-order chi connectivity index (χ0) is 7.61. The Labute approximate surface area is 67.7 Å². The van der Waals surface area contributed by atoms with Gasteiger partial charge in [-0.25, -0.2) is 8.42 Å². The van der Waals surface area contributed by atoms with Crippen LogP contribution in [0.1, 0.15) is 0 Å². The number of hydrogen-bond acceptors (Lipinski definition) is 4. The Morgan fingerprint density at radius 3 is 2.80 bits per heavy atom. The quantitative estimate of drug-likeness (QED) is 0.668. The maximum atomic E-state index is 10.9. The standard InChI is InChI=1S/C4H4ClNO2S2/c5-3-10(7,8)4-1-2-9-6-4/h1-2H,3H2. The first kappa shape index (κ1) is 7.97. The summed E-state index contributed by atoms with van der Waals surface area (Å²) in [5, 5.41) is 1.25. The molecule has 0 bridgehead atoms. The molecule has 1 aromatic rings. The summed E-state index contributed by atoms with van der Waals surface area (Å²) in [6, 6.07) is 1.43. The van der Waals surface area contributed by atoms with Crippen LogP contribution >= 0.6 is 23.1 Å². The fraction of sp³-hybridized carbons (Fsp3) is 0.250. The molecular formula is C4H4ClNO2S2. The second-order valence-electron chi connectivity index (χ2n) is 1.56. The molecule has 0 aliphatic rings. The highest BCUT2D eigenvalue weighted by Crippen LogP contribution is 2.10. The molecule has 0 saturated heterocycles. The Bertz CT molecular complexity index is 291. The lowest BCUT2D eigenvalue weighted by Gasteiger charge is -1.90. The second-order valence-corrected chi connectivity index (χ2v) is 4.75. The Balaban J connectivity index is 3.09. The van der Waals surface area contributed by atoms with Crippen LogP contribution in [0.2, 0.25) is 0 Å². The largest absolute Gasteiger partial charge is 0.221 e. The van der Waals surface area contributed by atoms with Crippen LogP contribution in [0.4, 0.5) is 0 Å². The van der Waals surface area contributed by atoms with Gasteiger partial charge in [-0.2, -0.15) is 4.37 Å². The molecule has 0 amide bonds. The van der Waals surface area contributed by atoms with Crippen LogP contribution in [0.3, 0.4) is 0 Å². The van der Waals surface area contributed by atoms with E-state index in [2.05, 4.69) is 4.37 Å². The molecule has 0 aromatic carbocycles. The van der Waals surface area contributed by atoms with Crippen molar-refractivity contribution in [2.24, 2.45) is 0 Å². The SMILES string of the molecule is O=S(=O)(CCl)c1ccsn1. The van der Waals surface area contributed by atoms with E-state index in [1.165, 1.54) is 6.07 Å². The van der Waals surface area contributed by atoms with Crippen molar-refractivity contribution in [1.29, 1.82) is 0 Å². The third-order valence-corrected chi connectivity index (χ3v) is 3.57. The molecule has 1 rings (SSSR count). The van der Waals surface area contributed by atoms with Crippen molar-refractivity contribution in [3.05, 3.63) is 11.4 Å². The minimum absolute atomic E-state index is 0.0625. The van der Waals surface area contributed by atoms with E-state index in [0.29, 0.717) is 0 Å². The van der Waals surface area contributed by atoms with Gasteiger partial charge in [0.2, 0.25) is 9.84 Å². The normalized spacial score (nSPS) is 11.7. The van der Waals surface area contributed by atoms with Crippen LogP contribution in [-0.4, -0.2) is 18.0 Å². The molecule has 56 valence electrons. The fourth-order valence-electron chi connectivity index (χ4n) is 0.418. The molecule has 0 fully saturated rings. The maximum Gasteiger partial charge on any atom is 0.210 e. The van der Waals surface area contributed by atoms with Crippen LogP contribution in [-0.2, 0) is 9.84 Å². The monoisotopic (exact) mass is 197 g/mol. The summed E-state index contributed by atoms with van der Waals surface area (Å²) in [6.45, 7) is 0. The van der Waals surface area contributed by atoms with Gasteiger partial charge in [0.1, 0.15) is 5.21 Å². The lowest BCUT2D eigenvalue weighted by molar-refractivity contribution is 0.598. The Hall–Kier alpha value is -0.130. The van der Waals surface area contributed by atoms with Crippen molar-refractivity contribution >= 4 is 33.0 Å². The number of rotatable bonds is 2. The average Bonchev–Trinajstić information content (AvgIpc) is 2.38. The topological polar surface area (TPSA) is 47.0 Å². The van der Waals surface area contributed by atoms with E-state index in [4.69, 9.17) is 11.6 Å². The molecule has 3 nitrogen and oxygen atoms in total. The third kappa shape index (κ3) is 1.47. The third-order valence-electron chi connectivity index (χ3n) is 0.876. The molecule has 1 heterocycles. The first-order valence-corrected chi connectivity index (χ1v) is 5.38. The van der Waals surface area contributed by atoms with Crippen molar-refractivity contribution in [2.75, 3.05) is 5.21 Å². The summed E-state index contributed by atoms with van der Waals surface area (Å²) in [5.74, 6) is 0. The van der Waals surface area contributed by atoms with Gasteiger partial charge in [0.15, 0.2) is 5.03 Å². The molecule has 0 atom stereocenters. The van der Waals surface area contributed by atoms with Crippen LogP contribution in [0.15, 0.2) is 16.5 Å². The summed E-state index contributed by atoms with van der Waals surface area (Å²) in [6.07, 6.45) is 0. The van der Waals surface area contributed by atoms with Crippen LogP contribution in [0.5, 0.6) is 0 Å². The van der Waals surface area contributed by atoms with Gasteiger partial charge >= 0.3 is 0 Å². The van der Waals surface area contributed by atoms with Crippen molar-refractivity contribution in [3.8, 4) is 0 Å². The van der Waals surface area contributed by atoms with E-state index in [1.807, 2.05) is 0 Å². The number of halogens is 1. The molecule has 0 aliphatic heterocycles.